The molecule has 2 aromatic heterocycles. The minimum Gasteiger partial charge on any atom is -0.496 e. The topological polar surface area (TPSA) is 93.0 Å². The first-order chi connectivity index (χ1) is 13.2. The predicted octanol–water partition coefficient (Wildman–Crippen LogP) is 3.10. The van der Waals surface area contributed by atoms with Crippen LogP contribution in [0.1, 0.15) is 46.7 Å². The summed E-state index contributed by atoms with van der Waals surface area (Å²) >= 11 is 0. The van der Waals surface area contributed by atoms with Gasteiger partial charge in [0.25, 0.3) is 5.91 Å². The molecule has 1 atom stereocenters. The van der Waals surface area contributed by atoms with Gasteiger partial charge in [0.2, 0.25) is 5.76 Å². The zero-order valence-electron chi connectivity index (χ0n) is 15.4. The zero-order valence-corrected chi connectivity index (χ0v) is 15.4. The van der Waals surface area contributed by atoms with E-state index in [4.69, 9.17) is 9.26 Å². The van der Waals surface area contributed by atoms with Crippen molar-refractivity contribution in [2.45, 2.75) is 32.1 Å². The fourth-order valence-corrected chi connectivity index (χ4v) is 3.50. The maximum atomic E-state index is 12.5. The average molecular weight is 366 g/mol. The molecule has 4 rings (SSSR count). The summed E-state index contributed by atoms with van der Waals surface area (Å²) in [5.41, 5.74) is 3.16. The Morgan fingerprint density at radius 3 is 3.00 bits per heavy atom. The average Bonchev–Trinajstić information content (AvgIpc) is 3.29. The number of rotatable bonds is 5. The van der Waals surface area contributed by atoms with Crippen LogP contribution in [0, 0.1) is 0 Å². The van der Waals surface area contributed by atoms with Crippen molar-refractivity contribution in [1.82, 2.24) is 20.4 Å². The molecule has 3 aromatic rings. The van der Waals surface area contributed by atoms with Gasteiger partial charge in [-0.15, -0.1) is 0 Å². The highest BCUT2D eigenvalue weighted by molar-refractivity contribution is 5.94. The molecule has 3 heterocycles. The Morgan fingerprint density at radius 1 is 1.33 bits per heavy atom. The van der Waals surface area contributed by atoms with Gasteiger partial charge in [0, 0.05) is 24.2 Å². The van der Waals surface area contributed by atoms with Gasteiger partial charge in [-0.1, -0.05) is 36.7 Å². The molecule has 0 fully saturated rings. The third kappa shape index (κ3) is 3.32. The summed E-state index contributed by atoms with van der Waals surface area (Å²) < 4.78 is 10.9. The van der Waals surface area contributed by atoms with E-state index in [0.717, 1.165) is 35.5 Å². The van der Waals surface area contributed by atoms with Crippen LogP contribution < -0.4 is 10.1 Å². The van der Waals surface area contributed by atoms with Crippen LogP contribution >= 0.6 is 0 Å². The summed E-state index contributed by atoms with van der Waals surface area (Å²) in [6, 6.07) is 9.76. The largest absolute Gasteiger partial charge is 0.496 e. The molecule has 1 amide bonds. The van der Waals surface area contributed by atoms with Gasteiger partial charge in [-0.25, -0.2) is 4.98 Å². The van der Waals surface area contributed by atoms with Crippen LogP contribution in [0.3, 0.4) is 0 Å². The minimum atomic E-state index is -0.182. The van der Waals surface area contributed by atoms with Crippen molar-refractivity contribution in [3.8, 4) is 17.3 Å². The van der Waals surface area contributed by atoms with Gasteiger partial charge in [-0.2, -0.15) is 0 Å². The normalized spacial score (nSPS) is 16.5. The van der Waals surface area contributed by atoms with Crippen LogP contribution in [0.25, 0.3) is 11.6 Å². The van der Waals surface area contributed by atoms with Gasteiger partial charge in [-0.05, 0) is 24.5 Å². The van der Waals surface area contributed by atoms with E-state index in [9.17, 15) is 4.79 Å². The number of fused-ring (bicyclic) bond motifs is 1. The lowest BCUT2D eigenvalue weighted by atomic mass is 9.93. The van der Waals surface area contributed by atoms with Gasteiger partial charge in [0.1, 0.15) is 11.4 Å². The minimum absolute atomic E-state index is 0.0880. The lowest BCUT2D eigenvalue weighted by Crippen LogP contribution is -2.26. The Labute approximate surface area is 157 Å². The summed E-state index contributed by atoms with van der Waals surface area (Å²) in [5.74, 6) is 1.81. The third-order valence-corrected chi connectivity index (χ3v) is 4.83. The standard InChI is InChI=1S/C20H22N4O3/c1-3-6-13-10-17(27-24-13)19-22-15-9-12(11-21-20(25)18(15)23-19)14-7-4-5-8-16(14)26-2/h4-5,7-8,10,12H,3,6,9,11H2,1-2H3,(H,21,25)(H,22,23)/t12-/m1/s1. The summed E-state index contributed by atoms with van der Waals surface area (Å²) in [4.78, 5) is 20.3. The summed E-state index contributed by atoms with van der Waals surface area (Å²) in [5, 5.41) is 7.03. The number of benzene rings is 1. The summed E-state index contributed by atoms with van der Waals surface area (Å²) in [7, 11) is 1.66. The monoisotopic (exact) mass is 366 g/mol. The molecule has 0 saturated carbocycles. The molecule has 0 saturated heterocycles. The van der Waals surface area contributed by atoms with Crippen molar-refractivity contribution < 1.29 is 14.1 Å². The number of methoxy groups -OCH3 is 1. The second-order valence-corrected chi connectivity index (χ2v) is 6.70. The predicted molar refractivity (Wildman–Crippen MR) is 99.9 cm³/mol. The first-order valence-corrected chi connectivity index (χ1v) is 9.15. The highest BCUT2D eigenvalue weighted by Crippen LogP contribution is 2.31. The van der Waals surface area contributed by atoms with Gasteiger partial charge >= 0.3 is 0 Å². The second kappa shape index (κ2) is 7.26. The van der Waals surface area contributed by atoms with Crippen molar-refractivity contribution in [1.29, 1.82) is 0 Å². The number of imidazole rings is 1. The zero-order chi connectivity index (χ0) is 18.8. The number of aromatic nitrogens is 3. The number of carbonyl (C=O) groups excluding carboxylic acids is 1. The molecule has 7 heteroatoms. The van der Waals surface area contributed by atoms with E-state index in [0.29, 0.717) is 30.2 Å². The van der Waals surface area contributed by atoms with Crippen LogP contribution in [0.5, 0.6) is 5.75 Å². The number of para-hydroxylation sites is 1. The van der Waals surface area contributed by atoms with E-state index in [1.807, 2.05) is 30.3 Å². The molecule has 140 valence electrons. The highest BCUT2D eigenvalue weighted by Gasteiger charge is 2.28. The number of hydrogen-bond acceptors (Lipinski definition) is 5. The smallest absolute Gasteiger partial charge is 0.271 e. The van der Waals surface area contributed by atoms with Crippen LogP contribution in [-0.4, -0.2) is 34.7 Å². The van der Waals surface area contributed by atoms with Crippen LogP contribution in [0.15, 0.2) is 34.9 Å². The lowest BCUT2D eigenvalue weighted by Gasteiger charge is -2.17. The van der Waals surface area contributed by atoms with Gasteiger partial charge < -0.3 is 19.6 Å². The molecule has 0 aliphatic carbocycles. The maximum Gasteiger partial charge on any atom is 0.271 e. The molecule has 1 aliphatic heterocycles. The first-order valence-electron chi connectivity index (χ1n) is 9.15. The molecule has 2 N–H and O–H groups in total. The van der Waals surface area contributed by atoms with E-state index in [2.05, 4.69) is 27.4 Å². The van der Waals surface area contributed by atoms with Gasteiger partial charge in [0.05, 0.1) is 12.8 Å². The molecule has 0 unspecified atom stereocenters. The SMILES string of the molecule is CCCc1cc(-c2nc3c([nH]2)C[C@@H](c2ccccc2OC)CNC3=O)on1. The second-order valence-electron chi connectivity index (χ2n) is 6.70. The molecule has 27 heavy (non-hydrogen) atoms. The number of ether oxygens (including phenoxy) is 1. The number of hydrogen-bond donors (Lipinski definition) is 2. The first kappa shape index (κ1) is 17.3. The van der Waals surface area contributed by atoms with Crippen LogP contribution in [0.2, 0.25) is 0 Å². The van der Waals surface area contributed by atoms with Crippen LogP contribution in [0.4, 0.5) is 0 Å². The number of aromatic amines is 1. The fraction of sp³-hybridized carbons (Fsp3) is 0.350. The molecule has 1 aromatic carbocycles. The number of aryl methyl sites for hydroxylation is 1. The van der Waals surface area contributed by atoms with Crippen LogP contribution in [-0.2, 0) is 12.8 Å². The van der Waals surface area contributed by atoms with Crippen molar-refractivity contribution in [3.63, 3.8) is 0 Å². The molecule has 1 aliphatic rings. The number of H-pyrrole nitrogens is 1. The molecular formula is C20H22N4O3. The molecular weight excluding hydrogens is 344 g/mol. The Morgan fingerprint density at radius 2 is 2.19 bits per heavy atom. The van der Waals surface area contributed by atoms with E-state index >= 15 is 0 Å². The van der Waals surface area contributed by atoms with E-state index in [-0.39, 0.29) is 11.8 Å². The van der Waals surface area contributed by atoms with Gasteiger partial charge in [-0.3, -0.25) is 4.79 Å². The van der Waals surface area contributed by atoms with E-state index in [1.54, 1.807) is 7.11 Å². The maximum absolute atomic E-state index is 12.5. The van der Waals surface area contributed by atoms with Crippen molar-refractivity contribution in [3.05, 3.63) is 53.0 Å². The Kier molecular flexibility index (Phi) is 4.66. The number of carbonyl (C=O) groups is 1. The number of nitrogens with one attached hydrogen (secondary N) is 2. The van der Waals surface area contributed by atoms with Crippen molar-refractivity contribution >= 4 is 5.91 Å². The Bertz CT molecular complexity index is 960. The van der Waals surface area contributed by atoms with Crippen molar-refractivity contribution in [2.75, 3.05) is 13.7 Å². The van der Waals surface area contributed by atoms with Gasteiger partial charge in [0.15, 0.2) is 5.82 Å². The van der Waals surface area contributed by atoms with Crippen molar-refractivity contribution in [2.24, 2.45) is 0 Å². The summed E-state index contributed by atoms with van der Waals surface area (Å²) in [6.45, 7) is 2.62. The number of nitrogens with zero attached hydrogens (tertiary/aromatic N) is 2. The highest BCUT2D eigenvalue weighted by atomic mass is 16.5. The lowest BCUT2D eigenvalue weighted by molar-refractivity contribution is 0.0950. The van der Waals surface area contributed by atoms with E-state index < -0.39 is 0 Å². The fourth-order valence-electron chi connectivity index (χ4n) is 3.50. The third-order valence-electron chi connectivity index (χ3n) is 4.83. The molecule has 0 radical (unpaired) electrons. The van der Waals surface area contributed by atoms with E-state index in [1.165, 1.54) is 0 Å². The number of amides is 1. The Balaban J connectivity index is 1.66. The molecule has 7 nitrogen and oxygen atoms in total. The molecule has 0 bridgehead atoms. The molecule has 0 spiro atoms. The summed E-state index contributed by atoms with van der Waals surface area (Å²) in [6.07, 6.45) is 2.49. The quantitative estimate of drug-likeness (QED) is 0.724. The Hall–Kier alpha value is -3.09.